The molecule has 0 unspecified atom stereocenters. The molecule has 12 heteroatoms. The summed E-state index contributed by atoms with van der Waals surface area (Å²) >= 11 is 18.4. The van der Waals surface area contributed by atoms with Gasteiger partial charge in [0.25, 0.3) is 0 Å². The lowest BCUT2D eigenvalue weighted by Crippen LogP contribution is -2.53. The molecule has 0 aliphatic heterocycles. The average molecular weight is 605 g/mol. The van der Waals surface area contributed by atoms with Crippen molar-refractivity contribution in [2.45, 2.75) is 57.7 Å². The Morgan fingerprint density at radius 3 is 2.34 bits per heavy atom. The van der Waals surface area contributed by atoms with Crippen LogP contribution >= 0.6 is 34.8 Å². The van der Waals surface area contributed by atoms with Gasteiger partial charge < -0.3 is 15.0 Å². The summed E-state index contributed by atoms with van der Waals surface area (Å²) in [5, 5.41) is 4.00. The third kappa shape index (κ3) is 7.68. The molecule has 1 aliphatic rings. The predicted molar refractivity (Wildman–Crippen MR) is 152 cm³/mol. The lowest BCUT2D eigenvalue weighted by atomic mass is 10.1. The topological polar surface area (TPSA) is 96.0 Å². The van der Waals surface area contributed by atoms with Gasteiger partial charge in [0.05, 0.1) is 29.1 Å². The summed E-state index contributed by atoms with van der Waals surface area (Å²) in [6.07, 6.45) is 5.18. The number of rotatable bonds is 11. The minimum atomic E-state index is -3.94. The molecule has 1 atom stereocenters. The predicted octanol–water partition coefficient (Wildman–Crippen LogP) is 5.29. The minimum absolute atomic E-state index is 0.0244. The largest absolute Gasteiger partial charge is 0.495 e. The Kier molecular flexibility index (Phi) is 10.6. The van der Waals surface area contributed by atoms with E-state index in [2.05, 4.69) is 5.32 Å². The number of methoxy groups -OCH3 is 1. The van der Waals surface area contributed by atoms with Crippen molar-refractivity contribution in [1.29, 1.82) is 0 Å². The number of halogens is 3. The minimum Gasteiger partial charge on any atom is -0.495 e. The Labute approximate surface area is 239 Å². The first-order chi connectivity index (χ1) is 17.9. The number of hydrogen-bond acceptors (Lipinski definition) is 5. The first kappa shape index (κ1) is 30.3. The number of nitrogens with one attached hydrogen (secondary N) is 1. The number of carbonyl (C=O) groups excluding carboxylic acids is 2. The summed E-state index contributed by atoms with van der Waals surface area (Å²) in [5.74, 6) is -0.620. The van der Waals surface area contributed by atoms with E-state index in [1.165, 1.54) is 24.1 Å². The molecule has 8 nitrogen and oxygen atoms in total. The van der Waals surface area contributed by atoms with Gasteiger partial charge in [0, 0.05) is 17.6 Å². The van der Waals surface area contributed by atoms with Gasteiger partial charge in [-0.1, -0.05) is 60.6 Å². The van der Waals surface area contributed by atoms with Gasteiger partial charge in [-0.05, 0) is 55.2 Å². The van der Waals surface area contributed by atoms with E-state index in [0.717, 1.165) is 36.2 Å². The molecular formula is C26H32Cl3N3O5S. The molecule has 2 aromatic rings. The maximum atomic E-state index is 13.9. The highest BCUT2D eigenvalue weighted by Gasteiger charge is 2.33. The Morgan fingerprint density at radius 1 is 1.08 bits per heavy atom. The lowest BCUT2D eigenvalue weighted by Gasteiger charge is -2.33. The normalized spacial score (nSPS) is 14.7. The van der Waals surface area contributed by atoms with E-state index in [4.69, 9.17) is 39.5 Å². The van der Waals surface area contributed by atoms with Crippen molar-refractivity contribution < 1.29 is 22.7 Å². The first-order valence-electron chi connectivity index (χ1n) is 12.3. The second kappa shape index (κ2) is 13.2. The maximum absolute atomic E-state index is 13.9. The molecule has 0 bridgehead atoms. The summed E-state index contributed by atoms with van der Waals surface area (Å²) in [6, 6.07) is 8.68. The van der Waals surface area contributed by atoms with Crippen molar-refractivity contribution in [3.05, 3.63) is 57.0 Å². The van der Waals surface area contributed by atoms with E-state index < -0.39 is 28.5 Å². The van der Waals surface area contributed by atoms with Crippen LogP contribution in [0.25, 0.3) is 0 Å². The van der Waals surface area contributed by atoms with Crippen molar-refractivity contribution >= 4 is 62.3 Å². The van der Waals surface area contributed by atoms with Crippen LogP contribution in [0.3, 0.4) is 0 Å². The Hall–Kier alpha value is -2.20. The van der Waals surface area contributed by atoms with E-state index in [1.807, 2.05) is 6.92 Å². The van der Waals surface area contributed by atoms with Crippen LogP contribution in [0, 0.1) is 0 Å². The van der Waals surface area contributed by atoms with Crippen LogP contribution in [0.5, 0.6) is 5.75 Å². The van der Waals surface area contributed by atoms with Gasteiger partial charge in [0.2, 0.25) is 21.8 Å². The second-order valence-electron chi connectivity index (χ2n) is 9.27. The monoisotopic (exact) mass is 603 g/mol. The fraction of sp³-hybridized carbons (Fsp3) is 0.462. The number of anilines is 1. The molecule has 1 aliphatic carbocycles. The fourth-order valence-corrected chi connectivity index (χ4v) is 5.91. The number of carbonyl (C=O) groups is 2. The van der Waals surface area contributed by atoms with Crippen LogP contribution < -0.4 is 14.4 Å². The Morgan fingerprint density at radius 2 is 1.76 bits per heavy atom. The van der Waals surface area contributed by atoms with Crippen LogP contribution in [-0.2, 0) is 26.2 Å². The molecule has 0 aromatic heterocycles. The highest BCUT2D eigenvalue weighted by Crippen LogP contribution is 2.33. The standard InChI is InChI=1S/C26H32Cl3N3O5S/c1-4-22(26(34)30-19-7-5-6-8-19)31(15-17-9-11-20(28)21(29)13-17)25(33)16-32(38(3,35)36)23-14-18(27)10-12-24(23)37-2/h9-14,19,22H,4-8,15-16H2,1-3H3,(H,30,34)/t22-/m0/s1. The zero-order chi connectivity index (χ0) is 28.0. The summed E-state index contributed by atoms with van der Waals surface area (Å²) in [7, 11) is -2.55. The summed E-state index contributed by atoms with van der Waals surface area (Å²) < 4.78 is 32.0. The molecule has 1 N–H and O–H groups in total. The molecule has 2 aromatic carbocycles. The van der Waals surface area contributed by atoms with Gasteiger partial charge in [-0.3, -0.25) is 13.9 Å². The summed E-state index contributed by atoms with van der Waals surface area (Å²) in [6.45, 7) is 1.27. The smallest absolute Gasteiger partial charge is 0.244 e. The third-order valence-electron chi connectivity index (χ3n) is 6.51. The van der Waals surface area contributed by atoms with Crippen LogP contribution in [0.15, 0.2) is 36.4 Å². The van der Waals surface area contributed by atoms with Gasteiger partial charge in [-0.25, -0.2) is 8.42 Å². The van der Waals surface area contributed by atoms with Gasteiger partial charge >= 0.3 is 0 Å². The fourth-order valence-electron chi connectivity index (χ4n) is 4.57. The Bertz CT molecular complexity index is 1270. The molecule has 208 valence electrons. The van der Waals surface area contributed by atoms with E-state index in [1.54, 1.807) is 24.3 Å². The van der Waals surface area contributed by atoms with E-state index in [9.17, 15) is 18.0 Å². The molecule has 0 heterocycles. The van der Waals surface area contributed by atoms with Crippen LogP contribution in [0.4, 0.5) is 5.69 Å². The van der Waals surface area contributed by atoms with Gasteiger partial charge in [0.15, 0.2) is 0 Å². The molecule has 0 radical (unpaired) electrons. The van der Waals surface area contributed by atoms with Crippen molar-refractivity contribution in [3.8, 4) is 5.75 Å². The van der Waals surface area contributed by atoms with Crippen LogP contribution in [-0.4, -0.2) is 57.1 Å². The molecule has 38 heavy (non-hydrogen) atoms. The maximum Gasteiger partial charge on any atom is 0.244 e. The highest BCUT2D eigenvalue weighted by atomic mass is 35.5. The SMILES string of the molecule is CC[C@@H](C(=O)NC1CCCC1)N(Cc1ccc(Cl)c(Cl)c1)C(=O)CN(c1cc(Cl)ccc1OC)S(C)(=O)=O. The molecule has 0 spiro atoms. The van der Waals surface area contributed by atoms with Crippen molar-refractivity contribution in [1.82, 2.24) is 10.2 Å². The quantitative estimate of drug-likeness (QED) is 0.376. The Balaban J connectivity index is 1.99. The molecular weight excluding hydrogens is 573 g/mol. The number of hydrogen-bond donors (Lipinski definition) is 1. The number of benzene rings is 2. The first-order valence-corrected chi connectivity index (χ1v) is 15.3. The van der Waals surface area contributed by atoms with E-state index >= 15 is 0 Å². The molecule has 1 fully saturated rings. The van der Waals surface area contributed by atoms with E-state index in [0.29, 0.717) is 22.0 Å². The van der Waals surface area contributed by atoms with Gasteiger partial charge in [0.1, 0.15) is 18.3 Å². The van der Waals surface area contributed by atoms with Crippen LogP contribution in [0.2, 0.25) is 15.1 Å². The summed E-state index contributed by atoms with van der Waals surface area (Å²) in [4.78, 5) is 28.6. The van der Waals surface area contributed by atoms with Crippen molar-refractivity contribution in [3.63, 3.8) is 0 Å². The third-order valence-corrected chi connectivity index (χ3v) is 8.61. The number of amides is 2. The van der Waals surface area contributed by atoms with Crippen molar-refractivity contribution in [2.24, 2.45) is 0 Å². The second-order valence-corrected chi connectivity index (χ2v) is 12.4. The van der Waals surface area contributed by atoms with Crippen molar-refractivity contribution in [2.75, 3.05) is 24.2 Å². The molecule has 0 saturated heterocycles. The molecule has 3 rings (SSSR count). The number of sulfonamides is 1. The molecule has 1 saturated carbocycles. The summed E-state index contributed by atoms with van der Waals surface area (Å²) in [5.41, 5.74) is 0.764. The number of nitrogens with zero attached hydrogens (tertiary/aromatic N) is 2. The van der Waals surface area contributed by atoms with Gasteiger partial charge in [-0.2, -0.15) is 0 Å². The zero-order valence-corrected chi connectivity index (χ0v) is 24.6. The zero-order valence-electron chi connectivity index (χ0n) is 21.5. The van der Waals surface area contributed by atoms with Crippen LogP contribution in [0.1, 0.15) is 44.6 Å². The lowest BCUT2D eigenvalue weighted by molar-refractivity contribution is -0.140. The van der Waals surface area contributed by atoms with Gasteiger partial charge in [-0.15, -0.1) is 0 Å². The number of ether oxygens (including phenoxy) is 1. The van der Waals surface area contributed by atoms with E-state index in [-0.39, 0.29) is 35.0 Å². The molecule has 2 amide bonds. The average Bonchev–Trinajstić information content (AvgIpc) is 3.36. The highest BCUT2D eigenvalue weighted by molar-refractivity contribution is 7.92.